The van der Waals surface area contributed by atoms with Crippen molar-refractivity contribution in [2.45, 2.75) is 11.1 Å². The van der Waals surface area contributed by atoms with Gasteiger partial charge in [0.15, 0.2) is 5.82 Å². The first-order valence-corrected chi connectivity index (χ1v) is 6.70. The van der Waals surface area contributed by atoms with Gasteiger partial charge in [-0.15, -0.1) is 11.6 Å². The van der Waals surface area contributed by atoms with Gasteiger partial charge in [-0.2, -0.15) is 0 Å². The molecule has 1 heterocycles. The number of ether oxygens (including phenoxy) is 1. The fraction of sp³-hybridized carbons (Fsp3) is 0.444. The van der Waals surface area contributed by atoms with E-state index in [4.69, 9.17) is 16.3 Å². The predicted molar refractivity (Wildman–Crippen MR) is 60.9 cm³/mol. The van der Waals surface area contributed by atoms with Crippen molar-refractivity contribution in [2.24, 2.45) is 0 Å². The van der Waals surface area contributed by atoms with Crippen molar-refractivity contribution in [3.63, 3.8) is 0 Å². The zero-order valence-electron chi connectivity index (χ0n) is 9.06. The highest BCUT2D eigenvalue weighted by Gasteiger charge is 2.23. The molecule has 0 aliphatic heterocycles. The van der Waals surface area contributed by atoms with E-state index < -0.39 is 26.9 Å². The Morgan fingerprint density at radius 1 is 1.65 bits per heavy atom. The van der Waals surface area contributed by atoms with Crippen LogP contribution in [0.4, 0.5) is 4.39 Å². The Labute approximate surface area is 104 Å². The molecule has 0 aliphatic rings. The number of halogens is 2. The Bertz CT molecular complexity index is 469. The highest BCUT2D eigenvalue weighted by atomic mass is 35.5. The van der Waals surface area contributed by atoms with E-state index in [0.717, 1.165) is 6.07 Å². The molecule has 5 nitrogen and oxygen atoms in total. The smallest absolute Gasteiger partial charge is 0.261 e. The molecule has 0 saturated carbocycles. The molecule has 1 aromatic rings. The summed E-state index contributed by atoms with van der Waals surface area (Å²) in [6.07, 6.45) is 1.20. The van der Waals surface area contributed by atoms with Gasteiger partial charge in [0.05, 0.1) is 12.6 Å². The maximum Gasteiger partial charge on any atom is 0.261 e. The molecule has 0 amide bonds. The summed E-state index contributed by atoms with van der Waals surface area (Å²) in [5, 5.41) is -0.647. The fourth-order valence-electron chi connectivity index (χ4n) is 1.16. The van der Waals surface area contributed by atoms with Crippen molar-refractivity contribution in [2.75, 3.05) is 19.6 Å². The van der Waals surface area contributed by atoms with Crippen molar-refractivity contribution in [1.29, 1.82) is 0 Å². The fourth-order valence-corrected chi connectivity index (χ4v) is 2.64. The topological polar surface area (TPSA) is 68.3 Å². The van der Waals surface area contributed by atoms with Crippen LogP contribution in [0.15, 0.2) is 23.4 Å². The average Bonchev–Trinajstić information content (AvgIpc) is 2.28. The minimum absolute atomic E-state index is 0.0154. The highest BCUT2D eigenvalue weighted by Crippen LogP contribution is 2.10. The minimum Gasteiger partial charge on any atom is -0.383 e. The van der Waals surface area contributed by atoms with Crippen molar-refractivity contribution in [3.05, 3.63) is 24.1 Å². The number of rotatable bonds is 6. The normalized spacial score (nSPS) is 13.6. The molecule has 1 unspecified atom stereocenters. The van der Waals surface area contributed by atoms with Crippen LogP contribution in [-0.2, 0) is 14.8 Å². The SMILES string of the molecule is COCC(CCl)NS(=O)(=O)c1ncccc1F. The van der Waals surface area contributed by atoms with Crippen LogP contribution in [-0.4, -0.2) is 39.0 Å². The van der Waals surface area contributed by atoms with Crippen molar-refractivity contribution >= 4 is 21.6 Å². The molecule has 1 rings (SSSR count). The summed E-state index contributed by atoms with van der Waals surface area (Å²) < 4.78 is 43.8. The summed E-state index contributed by atoms with van der Waals surface area (Å²) >= 11 is 5.56. The summed E-state index contributed by atoms with van der Waals surface area (Å²) in [4.78, 5) is 3.49. The molecule has 8 heteroatoms. The number of aromatic nitrogens is 1. The number of pyridine rings is 1. The first-order valence-electron chi connectivity index (χ1n) is 4.69. The lowest BCUT2D eigenvalue weighted by molar-refractivity contribution is 0.181. The monoisotopic (exact) mass is 282 g/mol. The third-order valence-electron chi connectivity index (χ3n) is 1.86. The average molecular weight is 283 g/mol. The van der Waals surface area contributed by atoms with Gasteiger partial charge in [-0.1, -0.05) is 0 Å². The molecule has 17 heavy (non-hydrogen) atoms. The summed E-state index contributed by atoms with van der Waals surface area (Å²) in [5.74, 6) is -0.896. The number of hydrogen-bond acceptors (Lipinski definition) is 4. The van der Waals surface area contributed by atoms with Crippen LogP contribution < -0.4 is 4.72 Å². The highest BCUT2D eigenvalue weighted by molar-refractivity contribution is 7.89. The van der Waals surface area contributed by atoms with E-state index in [1.807, 2.05) is 0 Å². The second kappa shape index (κ2) is 6.25. The van der Waals surface area contributed by atoms with Gasteiger partial charge < -0.3 is 4.74 Å². The first kappa shape index (κ1) is 14.3. The molecule has 1 aromatic heterocycles. The standard InChI is InChI=1S/C9H12ClFN2O3S/c1-16-6-7(5-10)13-17(14,15)9-8(11)3-2-4-12-9/h2-4,7,13H,5-6H2,1H3. The van der Waals surface area contributed by atoms with E-state index in [9.17, 15) is 12.8 Å². The lowest BCUT2D eigenvalue weighted by atomic mass is 10.4. The molecule has 0 bridgehead atoms. The van der Waals surface area contributed by atoms with E-state index in [1.165, 1.54) is 19.4 Å². The van der Waals surface area contributed by atoms with Gasteiger partial charge in [-0.05, 0) is 12.1 Å². The lowest BCUT2D eigenvalue weighted by Crippen LogP contribution is -2.39. The number of hydrogen-bond donors (Lipinski definition) is 1. The Balaban J connectivity index is 2.92. The molecule has 0 fully saturated rings. The van der Waals surface area contributed by atoms with Crippen molar-refractivity contribution < 1.29 is 17.5 Å². The van der Waals surface area contributed by atoms with E-state index in [-0.39, 0.29) is 12.5 Å². The maximum absolute atomic E-state index is 13.3. The zero-order chi connectivity index (χ0) is 12.9. The summed E-state index contributed by atoms with van der Waals surface area (Å²) in [5.41, 5.74) is 0. The third kappa shape index (κ3) is 3.88. The first-order chi connectivity index (χ1) is 8.01. The van der Waals surface area contributed by atoms with Gasteiger partial charge in [0.1, 0.15) is 0 Å². The molecule has 0 spiro atoms. The van der Waals surface area contributed by atoms with Gasteiger partial charge >= 0.3 is 0 Å². The van der Waals surface area contributed by atoms with Gasteiger partial charge in [-0.3, -0.25) is 0 Å². The molecule has 0 aliphatic carbocycles. The van der Waals surface area contributed by atoms with Crippen LogP contribution in [0.25, 0.3) is 0 Å². The van der Waals surface area contributed by atoms with E-state index in [2.05, 4.69) is 9.71 Å². The Hall–Kier alpha value is -0.760. The molecule has 1 atom stereocenters. The van der Waals surface area contributed by atoms with Gasteiger partial charge in [0, 0.05) is 19.2 Å². The lowest BCUT2D eigenvalue weighted by Gasteiger charge is -2.14. The van der Waals surface area contributed by atoms with Crippen LogP contribution in [0, 0.1) is 5.82 Å². The molecular weight excluding hydrogens is 271 g/mol. The second-order valence-corrected chi connectivity index (χ2v) is 5.16. The van der Waals surface area contributed by atoms with Gasteiger partial charge in [0.2, 0.25) is 5.03 Å². The quantitative estimate of drug-likeness (QED) is 0.782. The van der Waals surface area contributed by atoms with Crippen LogP contribution >= 0.6 is 11.6 Å². The van der Waals surface area contributed by atoms with E-state index in [0.29, 0.717) is 0 Å². The van der Waals surface area contributed by atoms with Crippen molar-refractivity contribution in [1.82, 2.24) is 9.71 Å². The zero-order valence-corrected chi connectivity index (χ0v) is 10.6. The van der Waals surface area contributed by atoms with E-state index in [1.54, 1.807) is 0 Å². The molecule has 0 saturated heterocycles. The number of sulfonamides is 1. The van der Waals surface area contributed by atoms with Crippen LogP contribution in [0.2, 0.25) is 0 Å². The summed E-state index contributed by atoms with van der Waals surface area (Å²) in [6, 6.07) is 1.70. The van der Waals surface area contributed by atoms with Crippen molar-refractivity contribution in [3.8, 4) is 0 Å². The van der Waals surface area contributed by atoms with E-state index >= 15 is 0 Å². The Morgan fingerprint density at radius 3 is 2.88 bits per heavy atom. The Morgan fingerprint density at radius 2 is 2.35 bits per heavy atom. The summed E-state index contributed by atoms with van der Waals surface area (Å²) in [6.45, 7) is 0.0944. The number of nitrogens with one attached hydrogen (secondary N) is 1. The van der Waals surface area contributed by atoms with Gasteiger partial charge in [-0.25, -0.2) is 22.5 Å². The molecule has 0 radical (unpaired) electrons. The largest absolute Gasteiger partial charge is 0.383 e. The minimum atomic E-state index is -4.03. The molecular formula is C9H12ClFN2O3S. The second-order valence-electron chi connectivity index (χ2n) is 3.22. The summed E-state index contributed by atoms with van der Waals surface area (Å²) in [7, 11) is -2.61. The predicted octanol–water partition coefficient (Wildman–Crippen LogP) is 0.753. The maximum atomic E-state index is 13.3. The molecule has 0 aromatic carbocycles. The van der Waals surface area contributed by atoms with Gasteiger partial charge in [0.25, 0.3) is 10.0 Å². The number of nitrogens with zero attached hydrogens (tertiary/aromatic N) is 1. The Kier molecular flexibility index (Phi) is 5.26. The van der Waals surface area contributed by atoms with Crippen LogP contribution in [0.1, 0.15) is 0 Å². The number of methoxy groups -OCH3 is 1. The van der Waals surface area contributed by atoms with Crippen LogP contribution in [0.5, 0.6) is 0 Å². The number of alkyl halides is 1. The third-order valence-corrected chi connectivity index (χ3v) is 3.68. The van der Waals surface area contributed by atoms with Crippen LogP contribution in [0.3, 0.4) is 0 Å². The molecule has 1 N–H and O–H groups in total. The molecule has 96 valence electrons.